The summed E-state index contributed by atoms with van der Waals surface area (Å²) in [6.45, 7) is 2.08. The molecular formula is C9H9ClN2S2. The van der Waals surface area contributed by atoms with Crippen LogP contribution >= 0.6 is 34.3 Å². The topological polar surface area (TPSA) is 25.8 Å². The molecule has 0 saturated heterocycles. The van der Waals surface area contributed by atoms with Crippen molar-refractivity contribution >= 4 is 34.3 Å². The maximum Gasteiger partial charge on any atom is 0.157 e. The molecular weight excluding hydrogens is 236 g/mol. The second kappa shape index (κ2) is 4.38. The zero-order valence-electron chi connectivity index (χ0n) is 7.66. The highest BCUT2D eigenvalue weighted by Crippen LogP contribution is 2.29. The number of hydrogen-bond acceptors (Lipinski definition) is 4. The number of hydrogen-bond donors (Lipinski definition) is 0. The molecule has 0 aliphatic heterocycles. The Morgan fingerprint density at radius 2 is 2.29 bits per heavy atom. The van der Waals surface area contributed by atoms with Gasteiger partial charge in [0.05, 0.1) is 4.88 Å². The van der Waals surface area contributed by atoms with Gasteiger partial charge in [0.25, 0.3) is 0 Å². The second-order valence-electron chi connectivity index (χ2n) is 2.93. The van der Waals surface area contributed by atoms with Gasteiger partial charge in [-0.1, -0.05) is 11.3 Å². The molecule has 0 unspecified atom stereocenters. The van der Waals surface area contributed by atoms with Gasteiger partial charge in [-0.25, -0.2) is 0 Å². The van der Waals surface area contributed by atoms with E-state index < -0.39 is 0 Å². The van der Waals surface area contributed by atoms with Crippen LogP contribution < -0.4 is 0 Å². The van der Waals surface area contributed by atoms with Crippen LogP contribution in [0.5, 0.6) is 0 Å². The third-order valence-electron chi connectivity index (χ3n) is 1.72. The van der Waals surface area contributed by atoms with Crippen molar-refractivity contribution in [3.05, 3.63) is 22.0 Å². The first kappa shape index (κ1) is 10.1. The Morgan fingerprint density at radius 1 is 1.43 bits per heavy atom. The second-order valence-corrected chi connectivity index (χ2v) is 5.28. The summed E-state index contributed by atoms with van der Waals surface area (Å²) in [6.07, 6.45) is 0.809. The molecule has 2 aromatic heterocycles. The molecule has 0 aromatic carbocycles. The van der Waals surface area contributed by atoms with Gasteiger partial charge in [0.1, 0.15) is 5.01 Å². The van der Waals surface area contributed by atoms with Gasteiger partial charge in [-0.15, -0.1) is 33.1 Å². The number of aryl methyl sites for hydroxylation is 2. The van der Waals surface area contributed by atoms with Gasteiger partial charge >= 0.3 is 0 Å². The predicted octanol–water partition coefficient (Wildman–Crippen LogP) is 3.36. The Balaban J connectivity index is 2.24. The summed E-state index contributed by atoms with van der Waals surface area (Å²) in [4.78, 5) is 1.20. The van der Waals surface area contributed by atoms with E-state index in [2.05, 4.69) is 28.6 Å². The van der Waals surface area contributed by atoms with E-state index >= 15 is 0 Å². The van der Waals surface area contributed by atoms with E-state index in [0.717, 1.165) is 16.4 Å². The van der Waals surface area contributed by atoms with Crippen molar-refractivity contribution < 1.29 is 0 Å². The minimum Gasteiger partial charge on any atom is -0.143 e. The van der Waals surface area contributed by atoms with E-state index in [1.54, 1.807) is 22.7 Å². The Bertz CT molecular complexity index is 422. The summed E-state index contributed by atoms with van der Waals surface area (Å²) >= 11 is 8.97. The fourth-order valence-electron chi connectivity index (χ4n) is 1.08. The van der Waals surface area contributed by atoms with E-state index in [1.165, 1.54) is 10.4 Å². The summed E-state index contributed by atoms with van der Waals surface area (Å²) in [5.41, 5.74) is 1.28. The number of aromatic nitrogens is 2. The molecule has 74 valence electrons. The summed E-state index contributed by atoms with van der Waals surface area (Å²) in [5, 5.41) is 12.4. The molecule has 2 heterocycles. The lowest BCUT2D eigenvalue weighted by molar-refractivity contribution is 0.991. The number of halogens is 1. The lowest BCUT2D eigenvalue weighted by Gasteiger charge is -1.85. The van der Waals surface area contributed by atoms with Crippen LogP contribution in [-0.4, -0.2) is 16.1 Å². The fourth-order valence-corrected chi connectivity index (χ4v) is 3.17. The van der Waals surface area contributed by atoms with Crippen molar-refractivity contribution in [1.29, 1.82) is 0 Å². The van der Waals surface area contributed by atoms with E-state index in [1.807, 2.05) is 0 Å². The monoisotopic (exact) mass is 244 g/mol. The lowest BCUT2D eigenvalue weighted by Crippen LogP contribution is -1.82. The highest BCUT2D eigenvalue weighted by Gasteiger charge is 2.07. The standard InChI is InChI=1S/C9H9ClN2S2/c1-6-4-7(13-5-6)9-12-11-8(14-9)2-3-10/h4-5H,2-3H2,1H3. The molecule has 0 N–H and O–H groups in total. The van der Waals surface area contributed by atoms with Crippen LogP contribution in [0.2, 0.25) is 0 Å². The van der Waals surface area contributed by atoms with Gasteiger partial charge in [-0.05, 0) is 23.9 Å². The molecule has 0 aliphatic carbocycles. The largest absolute Gasteiger partial charge is 0.157 e. The van der Waals surface area contributed by atoms with E-state index in [9.17, 15) is 0 Å². The molecule has 0 radical (unpaired) electrons. The zero-order valence-corrected chi connectivity index (χ0v) is 10.0. The maximum absolute atomic E-state index is 5.64. The molecule has 0 saturated carbocycles. The molecule has 2 nitrogen and oxygen atoms in total. The van der Waals surface area contributed by atoms with Crippen molar-refractivity contribution in [2.45, 2.75) is 13.3 Å². The Morgan fingerprint density at radius 3 is 2.93 bits per heavy atom. The number of alkyl halides is 1. The van der Waals surface area contributed by atoms with Crippen LogP contribution in [0, 0.1) is 6.92 Å². The molecule has 0 atom stereocenters. The first-order chi connectivity index (χ1) is 6.79. The number of rotatable bonds is 3. The van der Waals surface area contributed by atoms with Crippen molar-refractivity contribution in [2.24, 2.45) is 0 Å². The average molecular weight is 245 g/mol. The SMILES string of the molecule is Cc1csc(-c2nnc(CCCl)s2)c1. The van der Waals surface area contributed by atoms with E-state index in [4.69, 9.17) is 11.6 Å². The number of nitrogens with zero attached hydrogens (tertiary/aromatic N) is 2. The highest BCUT2D eigenvalue weighted by molar-refractivity contribution is 7.20. The van der Waals surface area contributed by atoms with Crippen molar-refractivity contribution in [2.75, 3.05) is 5.88 Å². The summed E-state index contributed by atoms with van der Waals surface area (Å²) in [7, 11) is 0. The first-order valence-corrected chi connectivity index (χ1v) is 6.46. The van der Waals surface area contributed by atoms with Gasteiger partial charge < -0.3 is 0 Å². The Kier molecular flexibility index (Phi) is 3.15. The molecule has 5 heteroatoms. The van der Waals surface area contributed by atoms with Crippen molar-refractivity contribution in [3.63, 3.8) is 0 Å². The molecule has 2 rings (SSSR count). The summed E-state index contributed by atoms with van der Waals surface area (Å²) in [6, 6.07) is 2.13. The third kappa shape index (κ3) is 2.13. The number of thiophene rings is 1. The Labute approximate surface area is 95.6 Å². The fraction of sp³-hybridized carbons (Fsp3) is 0.333. The van der Waals surface area contributed by atoms with Crippen molar-refractivity contribution in [3.8, 4) is 9.88 Å². The van der Waals surface area contributed by atoms with Crippen LogP contribution in [-0.2, 0) is 6.42 Å². The summed E-state index contributed by atoms with van der Waals surface area (Å²) < 4.78 is 0. The van der Waals surface area contributed by atoms with Crippen LogP contribution in [0.4, 0.5) is 0 Å². The lowest BCUT2D eigenvalue weighted by atomic mass is 10.3. The Hall–Kier alpha value is -0.450. The van der Waals surface area contributed by atoms with Crippen LogP contribution in [0.25, 0.3) is 9.88 Å². The molecule has 0 fully saturated rings. The molecule has 0 amide bonds. The third-order valence-corrected chi connectivity index (χ3v) is 4.11. The molecule has 0 bridgehead atoms. The highest BCUT2D eigenvalue weighted by atomic mass is 35.5. The first-order valence-electron chi connectivity index (χ1n) is 4.23. The predicted molar refractivity (Wildman–Crippen MR) is 62.4 cm³/mol. The smallest absolute Gasteiger partial charge is 0.143 e. The minimum atomic E-state index is 0.609. The van der Waals surface area contributed by atoms with Crippen LogP contribution in [0.15, 0.2) is 11.4 Å². The summed E-state index contributed by atoms with van der Waals surface area (Å²) in [5.74, 6) is 0.609. The molecule has 0 spiro atoms. The van der Waals surface area contributed by atoms with E-state index in [-0.39, 0.29) is 0 Å². The average Bonchev–Trinajstić information content (AvgIpc) is 2.74. The van der Waals surface area contributed by atoms with Crippen LogP contribution in [0.1, 0.15) is 10.6 Å². The molecule has 0 aliphatic rings. The van der Waals surface area contributed by atoms with Crippen LogP contribution in [0.3, 0.4) is 0 Å². The van der Waals surface area contributed by atoms with E-state index in [0.29, 0.717) is 5.88 Å². The molecule has 2 aromatic rings. The zero-order chi connectivity index (χ0) is 9.97. The van der Waals surface area contributed by atoms with Gasteiger partial charge in [-0.2, -0.15) is 0 Å². The van der Waals surface area contributed by atoms with Gasteiger partial charge in [-0.3, -0.25) is 0 Å². The maximum atomic E-state index is 5.64. The van der Waals surface area contributed by atoms with Gasteiger partial charge in [0, 0.05) is 12.3 Å². The quantitative estimate of drug-likeness (QED) is 0.774. The van der Waals surface area contributed by atoms with Crippen molar-refractivity contribution in [1.82, 2.24) is 10.2 Å². The minimum absolute atomic E-state index is 0.609. The van der Waals surface area contributed by atoms with Gasteiger partial charge in [0.15, 0.2) is 5.01 Å². The van der Waals surface area contributed by atoms with Gasteiger partial charge in [0.2, 0.25) is 0 Å². The normalized spacial score (nSPS) is 10.7. The molecule has 14 heavy (non-hydrogen) atoms.